The highest BCUT2D eigenvalue weighted by atomic mass is 16.3. The predicted molar refractivity (Wildman–Crippen MR) is 215 cm³/mol. The zero-order valence-electron chi connectivity index (χ0n) is 29.2. The van der Waals surface area contributed by atoms with Gasteiger partial charge in [0, 0.05) is 55.4 Å². The maximum absolute atomic E-state index is 6.71. The molecule has 3 aromatic heterocycles. The second-order valence-corrected chi connectivity index (χ2v) is 14.4. The Morgan fingerprint density at radius 1 is 0.472 bits per heavy atom. The largest absolute Gasteiger partial charge is 0.456 e. The number of furan rings is 1. The SMILES string of the molecule is CC1(C)c2ccccc2-c2ccc3c4ccccc4n(-c4ccc5c(c4)oc4cc(-c6nc(-c7ccccc7)nc(-c7ccccc7)n6)ccc45)c3c21. The minimum absolute atomic E-state index is 0.160. The molecule has 0 saturated carbocycles. The number of hydrogen-bond donors (Lipinski definition) is 0. The molecule has 1 aliphatic carbocycles. The third-order valence-corrected chi connectivity index (χ3v) is 11.0. The van der Waals surface area contributed by atoms with Crippen LogP contribution >= 0.6 is 0 Å². The van der Waals surface area contributed by atoms with Crippen LogP contribution in [0.2, 0.25) is 0 Å². The number of nitrogens with zero attached hydrogens (tertiary/aromatic N) is 4. The van der Waals surface area contributed by atoms with Crippen LogP contribution in [0.4, 0.5) is 0 Å². The molecule has 0 N–H and O–H groups in total. The van der Waals surface area contributed by atoms with Crippen molar-refractivity contribution in [3.05, 3.63) is 169 Å². The van der Waals surface area contributed by atoms with E-state index in [4.69, 9.17) is 19.4 Å². The van der Waals surface area contributed by atoms with E-state index in [1.165, 1.54) is 44.1 Å². The zero-order valence-corrected chi connectivity index (χ0v) is 29.2. The summed E-state index contributed by atoms with van der Waals surface area (Å²) in [6.07, 6.45) is 0. The van der Waals surface area contributed by atoms with Crippen molar-refractivity contribution in [2.45, 2.75) is 19.3 Å². The van der Waals surface area contributed by atoms with Gasteiger partial charge in [0.05, 0.1) is 11.0 Å². The molecule has 5 nitrogen and oxygen atoms in total. The summed E-state index contributed by atoms with van der Waals surface area (Å²) in [4.78, 5) is 14.8. The first-order chi connectivity index (χ1) is 26.0. The van der Waals surface area contributed by atoms with Gasteiger partial charge in [0.2, 0.25) is 0 Å². The van der Waals surface area contributed by atoms with Crippen LogP contribution < -0.4 is 0 Å². The maximum Gasteiger partial charge on any atom is 0.164 e. The molecule has 0 unspecified atom stereocenters. The third-order valence-electron chi connectivity index (χ3n) is 11.0. The van der Waals surface area contributed by atoms with E-state index in [-0.39, 0.29) is 5.41 Å². The topological polar surface area (TPSA) is 56.7 Å². The quantitative estimate of drug-likeness (QED) is 0.186. The Balaban J connectivity index is 1.09. The van der Waals surface area contributed by atoms with Crippen molar-refractivity contribution in [2.75, 3.05) is 0 Å². The molecule has 53 heavy (non-hydrogen) atoms. The lowest BCUT2D eigenvalue weighted by Gasteiger charge is -2.23. The first-order valence-corrected chi connectivity index (χ1v) is 18.0. The Kier molecular flexibility index (Phi) is 6.23. The van der Waals surface area contributed by atoms with Crippen LogP contribution in [0.5, 0.6) is 0 Å². The normalized spacial score (nSPS) is 13.2. The zero-order chi connectivity index (χ0) is 35.3. The van der Waals surface area contributed by atoms with Crippen molar-refractivity contribution in [1.82, 2.24) is 19.5 Å². The number of para-hydroxylation sites is 1. The average molecular weight is 681 g/mol. The van der Waals surface area contributed by atoms with Crippen molar-refractivity contribution in [3.8, 4) is 51.0 Å². The molecule has 0 saturated heterocycles. The standard InChI is InChI=1S/C48H32N4O/c1-48(2)39-19-11-9-17-33(39)37-25-26-38-34-18-10-12-20-40(34)52(44(38)43(37)48)32-22-24-36-35-23-21-31(27-41(35)53-42(36)28-32)47-50-45(29-13-5-3-6-14-29)49-46(51-47)30-15-7-4-8-16-30/h3-28H,1-2H3. The highest BCUT2D eigenvalue weighted by Crippen LogP contribution is 2.53. The Labute approximate surface area is 305 Å². The summed E-state index contributed by atoms with van der Waals surface area (Å²) in [6, 6.07) is 55.2. The maximum atomic E-state index is 6.71. The fourth-order valence-electron chi connectivity index (χ4n) is 8.56. The number of aromatic nitrogens is 4. The monoisotopic (exact) mass is 680 g/mol. The Bertz CT molecular complexity index is 3020. The van der Waals surface area contributed by atoms with E-state index in [0.29, 0.717) is 17.5 Å². The molecule has 0 aliphatic heterocycles. The van der Waals surface area contributed by atoms with Gasteiger partial charge < -0.3 is 8.98 Å². The highest BCUT2D eigenvalue weighted by Gasteiger charge is 2.38. The smallest absolute Gasteiger partial charge is 0.164 e. The van der Waals surface area contributed by atoms with Gasteiger partial charge in [-0.05, 0) is 52.6 Å². The molecule has 5 heteroatoms. The molecule has 3 heterocycles. The average Bonchev–Trinajstić information content (AvgIpc) is 3.83. The Morgan fingerprint density at radius 2 is 1.06 bits per heavy atom. The van der Waals surface area contributed by atoms with Gasteiger partial charge in [0.1, 0.15) is 11.2 Å². The summed E-state index contributed by atoms with van der Waals surface area (Å²) in [5.74, 6) is 1.86. The third kappa shape index (κ3) is 4.40. The molecule has 7 aromatic carbocycles. The van der Waals surface area contributed by atoms with Crippen LogP contribution in [0.15, 0.2) is 162 Å². The van der Waals surface area contributed by atoms with Crippen LogP contribution in [0, 0.1) is 0 Å². The Hall–Kier alpha value is -6.85. The molecule has 0 fully saturated rings. The van der Waals surface area contributed by atoms with Gasteiger partial charge >= 0.3 is 0 Å². The van der Waals surface area contributed by atoms with Crippen LogP contribution in [-0.4, -0.2) is 19.5 Å². The van der Waals surface area contributed by atoms with Crippen molar-refractivity contribution < 1.29 is 4.42 Å². The molecule has 10 aromatic rings. The second-order valence-electron chi connectivity index (χ2n) is 14.4. The summed E-state index contributed by atoms with van der Waals surface area (Å²) in [5, 5.41) is 4.63. The predicted octanol–water partition coefficient (Wildman–Crippen LogP) is 12.2. The molecular formula is C48H32N4O. The van der Waals surface area contributed by atoms with Crippen LogP contribution in [0.1, 0.15) is 25.0 Å². The molecule has 11 rings (SSSR count). The number of benzene rings is 7. The van der Waals surface area contributed by atoms with E-state index in [1.54, 1.807) is 0 Å². The molecular weight excluding hydrogens is 649 g/mol. The minimum atomic E-state index is -0.160. The lowest BCUT2D eigenvalue weighted by Crippen LogP contribution is -2.16. The van der Waals surface area contributed by atoms with Gasteiger partial charge in [-0.2, -0.15) is 0 Å². The van der Waals surface area contributed by atoms with Crippen LogP contribution in [-0.2, 0) is 5.41 Å². The number of rotatable bonds is 4. The number of hydrogen-bond acceptors (Lipinski definition) is 4. The van der Waals surface area contributed by atoms with Gasteiger partial charge in [0.25, 0.3) is 0 Å². The fraction of sp³-hybridized carbons (Fsp3) is 0.0625. The molecule has 1 aliphatic rings. The molecule has 0 bridgehead atoms. The van der Waals surface area contributed by atoms with E-state index < -0.39 is 0 Å². The lowest BCUT2D eigenvalue weighted by atomic mass is 9.81. The van der Waals surface area contributed by atoms with Gasteiger partial charge in [-0.15, -0.1) is 0 Å². The molecule has 250 valence electrons. The minimum Gasteiger partial charge on any atom is -0.456 e. The molecule has 0 radical (unpaired) electrons. The highest BCUT2D eigenvalue weighted by molar-refractivity contribution is 6.13. The van der Waals surface area contributed by atoms with E-state index >= 15 is 0 Å². The van der Waals surface area contributed by atoms with Crippen molar-refractivity contribution in [2.24, 2.45) is 0 Å². The van der Waals surface area contributed by atoms with Gasteiger partial charge in [-0.25, -0.2) is 15.0 Å². The first-order valence-electron chi connectivity index (χ1n) is 18.0. The van der Waals surface area contributed by atoms with Gasteiger partial charge in [0.15, 0.2) is 17.5 Å². The lowest BCUT2D eigenvalue weighted by molar-refractivity contribution is 0.663. The molecule has 0 spiro atoms. The van der Waals surface area contributed by atoms with Gasteiger partial charge in [-0.3, -0.25) is 0 Å². The van der Waals surface area contributed by atoms with Crippen LogP contribution in [0.3, 0.4) is 0 Å². The summed E-state index contributed by atoms with van der Waals surface area (Å²) in [7, 11) is 0. The molecule has 0 amide bonds. The summed E-state index contributed by atoms with van der Waals surface area (Å²) < 4.78 is 9.15. The first kappa shape index (κ1) is 29.8. The number of fused-ring (bicyclic) bond motifs is 10. The fourth-order valence-corrected chi connectivity index (χ4v) is 8.56. The van der Waals surface area contributed by atoms with Crippen LogP contribution in [0.25, 0.3) is 94.7 Å². The summed E-state index contributed by atoms with van der Waals surface area (Å²) in [5.41, 5.74) is 13.1. The van der Waals surface area contributed by atoms with E-state index in [9.17, 15) is 0 Å². The van der Waals surface area contributed by atoms with Crippen molar-refractivity contribution in [1.29, 1.82) is 0 Å². The van der Waals surface area contributed by atoms with E-state index in [0.717, 1.165) is 44.3 Å². The summed E-state index contributed by atoms with van der Waals surface area (Å²) in [6.45, 7) is 4.72. The van der Waals surface area contributed by atoms with E-state index in [1.807, 2.05) is 60.7 Å². The van der Waals surface area contributed by atoms with Crippen molar-refractivity contribution >= 4 is 43.7 Å². The van der Waals surface area contributed by atoms with Gasteiger partial charge in [-0.1, -0.05) is 135 Å². The molecule has 0 atom stereocenters. The van der Waals surface area contributed by atoms with Crippen molar-refractivity contribution in [3.63, 3.8) is 0 Å². The van der Waals surface area contributed by atoms with E-state index in [2.05, 4.69) is 115 Å². The Morgan fingerprint density at radius 3 is 1.79 bits per heavy atom. The summed E-state index contributed by atoms with van der Waals surface area (Å²) >= 11 is 0. The second kappa shape index (κ2) is 11.1.